The predicted molar refractivity (Wildman–Crippen MR) is 41.3 cm³/mol. The number of aromatic nitrogens is 3. The second kappa shape index (κ2) is 2.62. The van der Waals surface area contributed by atoms with Crippen LogP contribution in [0.1, 0.15) is 24.0 Å². The second-order valence-corrected chi connectivity index (χ2v) is 2.97. The van der Waals surface area contributed by atoms with Gasteiger partial charge >= 0.3 is 0 Å². The maximum atomic E-state index is 4.29. The van der Waals surface area contributed by atoms with E-state index < -0.39 is 0 Å². The van der Waals surface area contributed by atoms with E-state index in [0.717, 1.165) is 31.2 Å². The minimum atomic E-state index is 0.528. The van der Waals surface area contributed by atoms with Crippen LogP contribution in [0, 0.1) is 6.92 Å². The van der Waals surface area contributed by atoms with Gasteiger partial charge in [-0.3, -0.25) is 5.10 Å². The van der Waals surface area contributed by atoms with Crippen molar-refractivity contribution in [1.29, 1.82) is 0 Å². The van der Waals surface area contributed by atoms with E-state index in [1.54, 1.807) is 0 Å². The number of aromatic amines is 1. The number of aryl methyl sites for hydroxylation is 1. The standard InChI is InChI=1S/C7H12N4/c1-5-9-7(11-10-5)6-2-3-8-4-6/h6,8H,2-4H2,1H3,(H,9,10,11)/t6-/m0/s1. The van der Waals surface area contributed by atoms with E-state index in [2.05, 4.69) is 20.5 Å². The van der Waals surface area contributed by atoms with Crippen molar-refractivity contribution in [2.24, 2.45) is 0 Å². The molecule has 0 bridgehead atoms. The van der Waals surface area contributed by atoms with Gasteiger partial charge in [-0.15, -0.1) is 0 Å². The highest BCUT2D eigenvalue weighted by atomic mass is 15.2. The van der Waals surface area contributed by atoms with Gasteiger partial charge in [0.1, 0.15) is 5.82 Å². The Morgan fingerprint density at radius 3 is 3.00 bits per heavy atom. The molecule has 0 spiro atoms. The Bertz CT molecular complexity index is 236. The number of rotatable bonds is 1. The molecule has 2 heterocycles. The molecule has 0 aromatic carbocycles. The molecular weight excluding hydrogens is 140 g/mol. The van der Waals surface area contributed by atoms with E-state index in [1.165, 1.54) is 0 Å². The van der Waals surface area contributed by atoms with Crippen LogP contribution in [0.3, 0.4) is 0 Å². The Balaban J connectivity index is 2.15. The van der Waals surface area contributed by atoms with Gasteiger partial charge in [-0.05, 0) is 19.9 Å². The van der Waals surface area contributed by atoms with Crippen LogP contribution < -0.4 is 5.32 Å². The number of nitrogens with zero attached hydrogens (tertiary/aromatic N) is 2. The maximum Gasteiger partial charge on any atom is 0.155 e. The first kappa shape index (κ1) is 6.79. The molecule has 1 saturated heterocycles. The van der Waals surface area contributed by atoms with Crippen molar-refractivity contribution in [3.63, 3.8) is 0 Å². The zero-order chi connectivity index (χ0) is 7.68. The Morgan fingerprint density at radius 2 is 2.45 bits per heavy atom. The fraction of sp³-hybridized carbons (Fsp3) is 0.714. The third kappa shape index (κ3) is 1.26. The van der Waals surface area contributed by atoms with Crippen molar-refractivity contribution >= 4 is 0 Å². The first-order chi connectivity index (χ1) is 5.36. The monoisotopic (exact) mass is 152 g/mol. The molecule has 1 aromatic rings. The zero-order valence-electron chi connectivity index (χ0n) is 6.59. The molecule has 0 radical (unpaired) electrons. The molecule has 2 rings (SSSR count). The van der Waals surface area contributed by atoms with E-state index >= 15 is 0 Å². The van der Waals surface area contributed by atoms with Crippen LogP contribution in [0.4, 0.5) is 0 Å². The summed E-state index contributed by atoms with van der Waals surface area (Å²) in [6.07, 6.45) is 1.16. The molecule has 0 amide bonds. The fourth-order valence-corrected chi connectivity index (χ4v) is 1.42. The summed E-state index contributed by atoms with van der Waals surface area (Å²) < 4.78 is 0. The summed E-state index contributed by atoms with van der Waals surface area (Å²) in [5, 5.41) is 10.3. The Labute approximate surface area is 65.4 Å². The molecule has 1 fully saturated rings. The summed E-state index contributed by atoms with van der Waals surface area (Å²) in [5.41, 5.74) is 0. The minimum absolute atomic E-state index is 0.528. The number of hydrogen-bond acceptors (Lipinski definition) is 3. The molecule has 0 saturated carbocycles. The van der Waals surface area contributed by atoms with Gasteiger partial charge in [0.25, 0.3) is 0 Å². The summed E-state index contributed by atoms with van der Waals surface area (Å²) in [6, 6.07) is 0. The molecule has 1 aliphatic rings. The average Bonchev–Trinajstić information content (AvgIpc) is 2.55. The number of hydrogen-bond donors (Lipinski definition) is 2. The normalized spacial score (nSPS) is 24.3. The minimum Gasteiger partial charge on any atom is -0.316 e. The van der Waals surface area contributed by atoms with E-state index in [4.69, 9.17) is 0 Å². The van der Waals surface area contributed by atoms with Gasteiger partial charge in [0.2, 0.25) is 0 Å². The van der Waals surface area contributed by atoms with E-state index in [1.807, 2.05) is 6.92 Å². The van der Waals surface area contributed by atoms with Crippen molar-refractivity contribution in [3.8, 4) is 0 Å². The van der Waals surface area contributed by atoms with Crippen molar-refractivity contribution in [2.75, 3.05) is 13.1 Å². The van der Waals surface area contributed by atoms with Gasteiger partial charge < -0.3 is 5.32 Å². The van der Waals surface area contributed by atoms with Crippen LogP contribution in [0.5, 0.6) is 0 Å². The molecule has 11 heavy (non-hydrogen) atoms. The lowest BCUT2D eigenvalue weighted by Crippen LogP contribution is -2.08. The lowest BCUT2D eigenvalue weighted by molar-refractivity contribution is 0.706. The first-order valence-corrected chi connectivity index (χ1v) is 3.96. The highest BCUT2D eigenvalue weighted by Gasteiger charge is 2.19. The molecule has 1 atom stereocenters. The van der Waals surface area contributed by atoms with Crippen molar-refractivity contribution in [2.45, 2.75) is 19.3 Å². The molecule has 2 N–H and O–H groups in total. The highest BCUT2D eigenvalue weighted by Crippen LogP contribution is 2.17. The third-order valence-electron chi connectivity index (χ3n) is 2.04. The summed E-state index contributed by atoms with van der Waals surface area (Å²) in [7, 11) is 0. The average molecular weight is 152 g/mol. The summed E-state index contributed by atoms with van der Waals surface area (Å²) in [6.45, 7) is 4.05. The zero-order valence-corrected chi connectivity index (χ0v) is 6.59. The quantitative estimate of drug-likeness (QED) is 0.604. The molecule has 0 aliphatic carbocycles. The topological polar surface area (TPSA) is 53.6 Å². The SMILES string of the molecule is Cc1nc([C@H]2CCNC2)n[nH]1. The van der Waals surface area contributed by atoms with E-state index in [0.29, 0.717) is 5.92 Å². The largest absolute Gasteiger partial charge is 0.316 e. The van der Waals surface area contributed by atoms with Crippen LogP contribution in [0.15, 0.2) is 0 Å². The van der Waals surface area contributed by atoms with Crippen LogP contribution in [0.25, 0.3) is 0 Å². The highest BCUT2D eigenvalue weighted by molar-refractivity contribution is 5.00. The van der Waals surface area contributed by atoms with Crippen molar-refractivity contribution in [3.05, 3.63) is 11.6 Å². The summed E-state index contributed by atoms with van der Waals surface area (Å²) >= 11 is 0. The molecule has 60 valence electrons. The first-order valence-electron chi connectivity index (χ1n) is 3.96. The molecule has 4 nitrogen and oxygen atoms in total. The Kier molecular flexibility index (Phi) is 1.62. The van der Waals surface area contributed by atoms with Crippen LogP contribution >= 0.6 is 0 Å². The lowest BCUT2D eigenvalue weighted by Gasteiger charge is -1.99. The molecular formula is C7H12N4. The van der Waals surface area contributed by atoms with Crippen molar-refractivity contribution < 1.29 is 0 Å². The van der Waals surface area contributed by atoms with Gasteiger partial charge in [0.05, 0.1) is 0 Å². The molecule has 1 aliphatic heterocycles. The fourth-order valence-electron chi connectivity index (χ4n) is 1.42. The summed E-state index contributed by atoms with van der Waals surface area (Å²) in [4.78, 5) is 4.29. The van der Waals surface area contributed by atoms with Gasteiger partial charge in [0.15, 0.2) is 5.82 Å². The summed E-state index contributed by atoms with van der Waals surface area (Å²) in [5.74, 6) is 2.40. The Hall–Kier alpha value is -0.900. The van der Waals surface area contributed by atoms with Crippen LogP contribution in [0.2, 0.25) is 0 Å². The van der Waals surface area contributed by atoms with Gasteiger partial charge in [0, 0.05) is 12.5 Å². The van der Waals surface area contributed by atoms with Gasteiger partial charge in [-0.2, -0.15) is 5.10 Å². The maximum absolute atomic E-state index is 4.29. The number of H-pyrrole nitrogens is 1. The van der Waals surface area contributed by atoms with Crippen molar-refractivity contribution in [1.82, 2.24) is 20.5 Å². The smallest absolute Gasteiger partial charge is 0.155 e. The van der Waals surface area contributed by atoms with Gasteiger partial charge in [-0.1, -0.05) is 0 Å². The van der Waals surface area contributed by atoms with Gasteiger partial charge in [-0.25, -0.2) is 4.98 Å². The number of nitrogens with one attached hydrogen (secondary N) is 2. The van der Waals surface area contributed by atoms with E-state index in [-0.39, 0.29) is 0 Å². The molecule has 1 aromatic heterocycles. The van der Waals surface area contributed by atoms with Crippen LogP contribution in [-0.4, -0.2) is 28.3 Å². The second-order valence-electron chi connectivity index (χ2n) is 2.97. The Morgan fingerprint density at radius 1 is 1.55 bits per heavy atom. The molecule has 4 heteroatoms. The lowest BCUT2D eigenvalue weighted by atomic mass is 10.1. The van der Waals surface area contributed by atoms with E-state index in [9.17, 15) is 0 Å². The third-order valence-corrected chi connectivity index (χ3v) is 2.04. The van der Waals surface area contributed by atoms with Crippen LogP contribution in [-0.2, 0) is 0 Å². The molecule has 0 unspecified atom stereocenters. The predicted octanol–water partition coefficient (Wildman–Crippen LogP) is 0.190.